The maximum Gasteiger partial charge on any atom is 1.00 e. The third-order valence-corrected chi connectivity index (χ3v) is 4.07. The molecule has 2 aromatic rings. The average Bonchev–Trinajstić information content (AvgIpc) is 2.86. The third-order valence-electron chi connectivity index (χ3n) is 3.12. The molecule has 2 rings (SSSR count). The molecule has 0 spiro atoms. The molecule has 0 saturated heterocycles. The van der Waals surface area contributed by atoms with Gasteiger partial charge in [0.15, 0.2) is 0 Å². The fourth-order valence-electron chi connectivity index (χ4n) is 1.76. The Labute approximate surface area is 196 Å². The number of carboxylic acids is 1. The van der Waals surface area contributed by atoms with Gasteiger partial charge in [0.2, 0.25) is 0 Å². The van der Waals surface area contributed by atoms with Crippen LogP contribution in [0.15, 0.2) is 18.3 Å². The van der Waals surface area contributed by atoms with Crippen molar-refractivity contribution in [2.24, 2.45) is 0 Å². The number of carbonyl (C=O) groups is 1. The summed E-state index contributed by atoms with van der Waals surface area (Å²) < 4.78 is 19.8. The molecule has 2 unspecified atom stereocenters. The van der Waals surface area contributed by atoms with Gasteiger partial charge in [0.25, 0.3) is 0 Å². The number of hydrogen-bond donors (Lipinski definition) is 1. The molecule has 1 N–H and O–H groups in total. The van der Waals surface area contributed by atoms with E-state index < -0.39 is 29.6 Å². The number of hydrogen-bond acceptors (Lipinski definition) is 6. The third kappa shape index (κ3) is 5.27. The molecule has 0 aliphatic heterocycles. The van der Waals surface area contributed by atoms with Crippen LogP contribution in [0.4, 0.5) is 4.39 Å². The number of carboxylic acid groups (broad SMARTS) is 1. The van der Waals surface area contributed by atoms with Gasteiger partial charge in [-0.05, 0) is 32.9 Å². The first-order valence-corrected chi connectivity index (χ1v) is 7.43. The number of carbonyl (C=O) groups excluding carboxylic acids is 1. The van der Waals surface area contributed by atoms with E-state index in [1.54, 1.807) is 20.0 Å². The van der Waals surface area contributed by atoms with Gasteiger partial charge in [0.05, 0.1) is 17.6 Å². The van der Waals surface area contributed by atoms with Crippen LogP contribution < -0.4 is 78.7 Å². The Hall–Kier alpha value is 0.0619. The van der Waals surface area contributed by atoms with Crippen molar-refractivity contribution in [3.8, 4) is 16.3 Å². The van der Waals surface area contributed by atoms with Gasteiger partial charge in [0.1, 0.15) is 22.7 Å². The smallest absolute Gasteiger partial charge is 0.545 e. The summed E-state index contributed by atoms with van der Waals surface area (Å²) in [7, 11) is 0. The van der Waals surface area contributed by atoms with Crippen molar-refractivity contribution in [2.75, 3.05) is 0 Å². The summed E-state index contributed by atoms with van der Waals surface area (Å²) >= 11 is 1.24. The Balaban J connectivity index is 0.00000264. The molecule has 0 radical (unpaired) electrons. The summed E-state index contributed by atoms with van der Waals surface area (Å²) in [5.74, 6) is -2.41. The molecule has 1 aromatic heterocycles. The van der Waals surface area contributed by atoms with Crippen molar-refractivity contribution in [1.29, 1.82) is 0 Å². The number of halogens is 1. The van der Waals surface area contributed by atoms with Crippen molar-refractivity contribution < 1.29 is 93.0 Å². The summed E-state index contributed by atoms with van der Waals surface area (Å²) in [6, 6.07) is 2.42. The molecule has 5 nitrogen and oxygen atoms in total. The van der Waals surface area contributed by atoms with E-state index in [2.05, 4.69) is 4.98 Å². The molecular formula is C15H15CsFNO4S. The number of benzene rings is 1. The van der Waals surface area contributed by atoms with Crippen LogP contribution >= 0.6 is 11.3 Å². The van der Waals surface area contributed by atoms with E-state index in [9.17, 15) is 19.4 Å². The fraction of sp³-hybridized carbons (Fsp3) is 0.333. The van der Waals surface area contributed by atoms with Crippen LogP contribution in [-0.4, -0.2) is 28.3 Å². The molecule has 118 valence electrons. The quantitative estimate of drug-likeness (QED) is 0.609. The molecule has 0 bridgehead atoms. The number of nitrogens with zero attached hydrogens (tertiary/aromatic N) is 1. The van der Waals surface area contributed by atoms with Crippen molar-refractivity contribution >= 4 is 17.3 Å². The molecule has 1 aromatic carbocycles. The summed E-state index contributed by atoms with van der Waals surface area (Å²) in [6.45, 7) is 4.98. The van der Waals surface area contributed by atoms with Crippen LogP contribution in [0.3, 0.4) is 0 Å². The second-order valence-corrected chi connectivity index (χ2v) is 6.19. The second-order valence-electron chi connectivity index (χ2n) is 4.96. The Morgan fingerprint density at radius 3 is 2.57 bits per heavy atom. The summed E-state index contributed by atoms with van der Waals surface area (Å²) in [4.78, 5) is 16.0. The molecule has 0 aliphatic rings. The van der Waals surface area contributed by atoms with Crippen LogP contribution in [0, 0.1) is 12.7 Å². The van der Waals surface area contributed by atoms with E-state index in [4.69, 9.17) is 4.74 Å². The van der Waals surface area contributed by atoms with Crippen molar-refractivity contribution in [3.05, 3.63) is 34.6 Å². The number of ether oxygens (including phenoxy) is 1. The van der Waals surface area contributed by atoms with Gasteiger partial charge in [0, 0.05) is 16.6 Å². The molecule has 23 heavy (non-hydrogen) atoms. The minimum atomic E-state index is -1.64. The van der Waals surface area contributed by atoms with Crippen molar-refractivity contribution in [1.82, 2.24) is 4.98 Å². The minimum absolute atomic E-state index is 0. The van der Waals surface area contributed by atoms with E-state index in [0.717, 1.165) is 10.9 Å². The monoisotopic (exact) mass is 457 g/mol. The number of aliphatic hydroxyl groups excluding tert-OH is 1. The number of aromatic nitrogens is 1. The van der Waals surface area contributed by atoms with Gasteiger partial charge in [-0.15, -0.1) is 11.3 Å². The Morgan fingerprint density at radius 1 is 1.43 bits per heavy atom. The molecular weight excluding hydrogens is 442 g/mol. The predicted molar refractivity (Wildman–Crippen MR) is 78.3 cm³/mol. The maximum absolute atomic E-state index is 14.3. The molecule has 0 fully saturated rings. The van der Waals surface area contributed by atoms with E-state index >= 15 is 0 Å². The first-order chi connectivity index (χ1) is 10.3. The van der Waals surface area contributed by atoms with Gasteiger partial charge < -0.3 is 19.7 Å². The number of aromatic carboxylic acids is 1. The zero-order chi connectivity index (χ0) is 16.4. The van der Waals surface area contributed by atoms with E-state index in [1.165, 1.54) is 17.4 Å². The minimum Gasteiger partial charge on any atom is -0.545 e. The Bertz CT molecular complexity index is 705. The first-order valence-electron chi connectivity index (χ1n) is 6.62. The van der Waals surface area contributed by atoms with Gasteiger partial charge in [-0.25, -0.2) is 9.37 Å². The predicted octanol–water partition coefficient (Wildman–Crippen LogP) is -1.23. The summed E-state index contributed by atoms with van der Waals surface area (Å²) in [5, 5.41) is 20.9. The Kier molecular flexibility index (Phi) is 8.22. The number of thiazole rings is 1. The largest absolute Gasteiger partial charge is 1.00 e. The topological polar surface area (TPSA) is 82.5 Å². The fourth-order valence-corrected chi connectivity index (χ4v) is 2.54. The summed E-state index contributed by atoms with van der Waals surface area (Å²) in [5.41, 5.74) is -0.564. The van der Waals surface area contributed by atoms with Crippen LogP contribution in [0.1, 0.15) is 29.1 Å². The molecule has 0 saturated carbocycles. The average molecular weight is 457 g/mol. The van der Waals surface area contributed by atoms with Crippen LogP contribution in [0.5, 0.6) is 5.75 Å². The van der Waals surface area contributed by atoms with Crippen LogP contribution in [0.25, 0.3) is 10.6 Å². The molecule has 8 heteroatoms. The zero-order valence-corrected chi connectivity index (χ0v) is 20.4. The maximum atomic E-state index is 14.3. The van der Waals surface area contributed by atoms with Crippen molar-refractivity contribution in [3.63, 3.8) is 0 Å². The second kappa shape index (κ2) is 8.95. The zero-order valence-electron chi connectivity index (χ0n) is 13.3. The molecule has 0 aliphatic carbocycles. The van der Waals surface area contributed by atoms with Gasteiger partial charge in [-0.1, -0.05) is 0 Å². The number of aliphatic hydroxyl groups is 1. The number of rotatable bonds is 5. The standard InChI is InChI=1S/C15H16FNO4S.Cs/c1-7-6-17-14(22-7)11-4-10(21-9(3)8(2)18)5-12(13(11)16)15(19)20;/h4-6,8-9,18H,1-3H3,(H,19,20);/q;+1/p-1. The van der Waals surface area contributed by atoms with Crippen LogP contribution in [-0.2, 0) is 0 Å². The molecule has 2 atom stereocenters. The van der Waals surface area contributed by atoms with E-state index in [1.807, 2.05) is 6.92 Å². The van der Waals surface area contributed by atoms with Crippen LogP contribution in [0.2, 0.25) is 0 Å². The molecule has 1 heterocycles. The van der Waals surface area contributed by atoms with E-state index in [0.29, 0.717) is 5.01 Å². The molecule has 0 amide bonds. The Morgan fingerprint density at radius 2 is 2.09 bits per heavy atom. The van der Waals surface area contributed by atoms with Gasteiger partial charge >= 0.3 is 68.9 Å². The normalized spacial score (nSPS) is 13.1. The SMILES string of the molecule is Cc1cnc(-c2cc(OC(C)C(C)O)cc(C(=O)[O-])c2F)s1.[Cs+]. The number of aryl methyl sites for hydroxylation is 1. The first kappa shape index (κ1) is 21.1. The van der Waals surface area contributed by atoms with Gasteiger partial charge in [-0.3, -0.25) is 0 Å². The van der Waals surface area contributed by atoms with E-state index in [-0.39, 0.29) is 80.2 Å². The summed E-state index contributed by atoms with van der Waals surface area (Å²) in [6.07, 6.45) is 0.234. The van der Waals surface area contributed by atoms with Crippen molar-refractivity contribution in [2.45, 2.75) is 33.0 Å². The van der Waals surface area contributed by atoms with Gasteiger partial charge in [-0.2, -0.15) is 0 Å².